The minimum Gasteiger partial charge on any atom is -0.309 e. The highest BCUT2D eigenvalue weighted by molar-refractivity contribution is 7.26. The first-order valence-electron chi connectivity index (χ1n) is 19.5. The van der Waals surface area contributed by atoms with Crippen molar-refractivity contribution in [3.8, 4) is 51.0 Å². The Bertz CT molecular complexity index is 3370. The average molecular weight is 747 g/mol. The lowest BCUT2D eigenvalue weighted by Crippen LogP contribution is -2.15. The third-order valence-corrected chi connectivity index (χ3v) is 13.2. The van der Waals surface area contributed by atoms with Gasteiger partial charge in [0.25, 0.3) is 0 Å². The van der Waals surface area contributed by atoms with Gasteiger partial charge >= 0.3 is 0 Å². The fourth-order valence-electron chi connectivity index (χ4n) is 9.43. The maximum absolute atomic E-state index is 5.20. The summed E-state index contributed by atoms with van der Waals surface area (Å²) in [4.78, 5) is 15.4. The molecule has 268 valence electrons. The van der Waals surface area contributed by atoms with E-state index >= 15 is 0 Å². The van der Waals surface area contributed by atoms with E-state index in [-0.39, 0.29) is 5.41 Å². The van der Waals surface area contributed by atoms with Crippen molar-refractivity contribution >= 4 is 64.1 Å². The molecule has 0 fully saturated rings. The summed E-state index contributed by atoms with van der Waals surface area (Å²) < 4.78 is 4.91. The topological polar surface area (TPSA) is 43.6 Å². The summed E-state index contributed by atoms with van der Waals surface area (Å²) in [6.45, 7) is 4.78. The van der Waals surface area contributed by atoms with Gasteiger partial charge in [0.15, 0.2) is 17.5 Å². The largest absolute Gasteiger partial charge is 0.309 e. The third-order valence-electron chi connectivity index (χ3n) is 12.0. The Morgan fingerprint density at radius 1 is 0.474 bits per heavy atom. The van der Waals surface area contributed by atoms with Gasteiger partial charge in [-0.05, 0) is 69.4 Å². The number of benzene rings is 8. The third kappa shape index (κ3) is 4.70. The van der Waals surface area contributed by atoms with Crippen molar-refractivity contribution in [2.75, 3.05) is 0 Å². The lowest BCUT2D eigenvalue weighted by Gasteiger charge is -2.22. The monoisotopic (exact) mass is 746 g/mol. The quantitative estimate of drug-likeness (QED) is 0.180. The minimum absolute atomic E-state index is 0.171. The zero-order valence-corrected chi connectivity index (χ0v) is 32.2. The minimum atomic E-state index is -0.171. The van der Waals surface area contributed by atoms with Crippen LogP contribution in [0.5, 0.6) is 0 Å². The SMILES string of the molecule is CC1(C)c2ccccc2-c2ccc3c(c21)c1cc2ccccc2cc1n3-c1ccc(-c2nc(-c3ccccc3)nc(-c3ccccc3)n2)c2sc3ccccc3c12. The number of hydrogen-bond donors (Lipinski definition) is 0. The Morgan fingerprint density at radius 3 is 1.84 bits per heavy atom. The lowest BCUT2D eigenvalue weighted by molar-refractivity contribution is 0.666. The molecule has 0 radical (unpaired) electrons. The van der Waals surface area contributed by atoms with E-state index in [0.717, 1.165) is 27.1 Å². The van der Waals surface area contributed by atoms with Gasteiger partial charge in [-0.3, -0.25) is 0 Å². The van der Waals surface area contributed by atoms with Crippen LogP contribution in [0.3, 0.4) is 0 Å². The molecule has 0 saturated heterocycles. The fraction of sp³-hybridized carbons (Fsp3) is 0.0577. The summed E-state index contributed by atoms with van der Waals surface area (Å²) in [5, 5.41) is 7.49. The number of aromatic nitrogens is 4. The Kier molecular flexibility index (Phi) is 6.82. The van der Waals surface area contributed by atoms with Gasteiger partial charge in [-0.2, -0.15) is 0 Å². The van der Waals surface area contributed by atoms with Crippen LogP contribution in [-0.2, 0) is 5.41 Å². The number of rotatable bonds is 4. The van der Waals surface area contributed by atoms with Crippen LogP contribution in [0, 0.1) is 0 Å². The van der Waals surface area contributed by atoms with E-state index in [1.807, 2.05) is 47.7 Å². The maximum Gasteiger partial charge on any atom is 0.165 e. The van der Waals surface area contributed by atoms with Crippen LogP contribution >= 0.6 is 11.3 Å². The second kappa shape index (κ2) is 12.0. The van der Waals surface area contributed by atoms with E-state index in [9.17, 15) is 0 Å². The summed E-state index contributed by atoms with van der Waals surface area (Å²) in [7, 11) is 0. The van der Waals surface area contributed by atoms with Crippen molar-refractivity contribution in [3.63, 3.8) is 0 Å². The molecule has 0 amide bonds. The van der Waals surface area contributed by atoms with Crippen molar-refractivity contribution in [3.05, 3.63) is 181 Å². The van der Waals surface area contributed by atoms with Crippen LogP contribution in [0.25, 0.3) is 104 Å². The molecule has 8 aromatic carbocycles. The molecule has 0 unspecified atom stereocenters. The first-order valence-corrected chi connectivity index (χ1v) is 20.3. The molecule has 3 aromatic heterocycles. The van der Waals surface area contributed by atoms with E-state index < -0.39 is 0 Å². The standard InChI is InChI=1S/C52H34N4S/c1-52(2)40-23-13-11-21-35(40)36-25-27-41-45(47(36)52)39-29-33-19-9-10-20-34(33)30-43(39)56(41)42-28-26-38(48-46(42)37-22-12-14-24-44(37)57-48)51-54-49(31-15-5-3-6-16-31)53-50(55-51)32-17-7-4-8-18-32/h3-30H,1-2H3. The molecule has 0 saturated carbocycles. The molecule has 57 heavy (non-hydrogen) atoms. The van der Waals surface area contributed by atoms with Crippen molar-refractivity contribution in [2.45, 2.75) is 19.3 Å². The Balaban J connectivity index is 1.19. The second-order valence-corrected chi connectivity index (χ2v) is 16.6. The van der Waals surface area contributed by atoms with Gasteiger partial charge in [-0.25, -0.2) is 15.0 Å². The van der Waals surface area contributed by atoms with E-state index in [1.165, 1.54) is 70.3 Å². The molecule has 3 heterocycles. The fourth-order valence-corrected chi connectivity index (χ4v) is 10.7. The Morgan fingerprint density at radius 2 is 1.09 bits per heavy atom. The van der Waals surface area contributed by atoms with Gasteiger partial charge in [-0.1, -0.05) is 147 Å². The number of fused-ring (bicyclic) bond motifs is 11. The zero-order valence-electron chi connectivity index (χ0n) is 31.4. The molecular formula is C52H34N4S. The molecule has 12 rings (SSSR count). The summed E-state index contributed by atoms with van der Waals surface area (Å²) in [6, 6.07) is 61.0. The first-order chi connectivity index (χ1) is 28.0. The van der Waals surface area contributed by atoms with Crippen LogP contribution in [0.2, 0.25) is 0 Å². The molecule has 0 spiro atoms. The number of hydrogen-bond acceptors (Lipinski definition) is 4. The molecule has 0 bridgehead atoms. The molecule has 5 heteroatoms. The van der Waals surface area contributed by atoms with Crippen LogP contribution < -0.4 is 0 Å². The highest BCUT2D eigenvalue weighted by Crippen LogP contribution is 2.54. The Hall–Kier alpha value is -6.95. The van der Waals surface area contributed by atoms with Gasteiger partial charge in [0, 0.05) is 53.1 Å². The molecule has 4 nitrogen and oxygen atoms in total. The summed E-state index contributed by atoms with van der Waals surface area (Å²) in [5.41, 5.74) is 11.7. The molecule has 11 aromatic rings. The summed E-state index contributed by atoms with van der Waals surface area (Å²) in [6.07, 6.45) is 0. The normalized spacial score (nSPS) is 13.2. The van der Waals surface area contributed by atoms with Crippen LogP contribution in [0.1, 0.15) is 25.0 Å². The summed E-state index contributed by atoms with van der Waals surface area (Å²) >= 11 is 1.81. The smallest absolute Gasteiger partial charge is 0.165 e. The van der Waals surface area contributed by atoms with Crippen molar-refractivity contribution in [1.29, 1.82) is 0 Å². The van der Waals surface area contributed by atoms with Crippen molar-refractivity contribution in [1.82, 2.24) is 19.5 Å². The molecule has 0 aliphatic heterocycles. The molecule has 0 atom stereocenters. The van der Waals surface area contributed by atoms with Crippen LogP contribution in [0.4, 0.5) is 0 Å². The molecule has 0 N–H and O–H groups in total. The van der Waals surface area contributed by atoms with Gasteiger partial charge in [0.2, 0.25) is 0 Å². The molecular weight excluding hydrogens is 713 g/mol. The van der Waals surface area contributed by atoms with E-state index in [2.05, 4.69) is 152 Å². The predicted molar refractivity (Wildman–Crippen MR) is 238 cm³/mol. The van der Waals surface area contributed by atoms with Gasteiger partial charge < -0.3 is 4.57 Å². The molecule has 1 aliphatic rings. The van der Waals surface area contributed by atoms with Crippen molar-refractivity contribution < 1.29 is 0 Å². The highest BCUT2D eigenvalue weighted by Gasteiger charge is 2.38. The van der Waals surface area contributed by atoms with Crippen LogP contribution in [0.15, 0.2) is 170 Å². The van der Waals surface area contributed by atoms with E-state index in [4.69, 9.17) is 15.0 Å². The number of nitrogens with zero attached hydrogens (tertiary/aromatic N) is 4. The lowest BCUT2D eigenvalue weighted by atomic mass is 9.80. The van der Waals surface area contributed by atoms with E-state index in [0.29, 0.717) is 17.5 Å². The van der Waals surface area contributed by atoms with Crippen molar-refractivity contribution in [2.24, 2.45) is 0 Å². The summed E-state index contributed by atoms with van der Waals surface area (Å²) in [5.74, 6) is 1.98. The first kappa shape index (κ1) is 32.3. The van der Waals surface area contributed by atoms with Gasteiger partial charge in [-0.15, -0.1) is 11.3 Å². The van der Waals surface area contributed by atoms with E-state index in [1.54, 1.807) is 0 Å². The second-order valence-electron chi connectivity index (χ2n) is 15.6. The average Bonchev–Trinajstić information content (AvgIpc) is 3.88. The Labute approximate surface area is 333 Å². The predicted octanol–water partition coefficient (Wildman–Crippen LogP) is 13.8. The highest BCUT2D eigenvalue weighted by atomic mass is 32.1. The maximum atomic E-state index is 5.20. The van der Waals surface area contributed by atoms with Gasteiger partial charge in [0.05, 0.1) is 16.7 Å². The molecule has 1 aliphatic carbocycles. The van der Waals surface area contributed by atoms with Gasteiger partial charge in [0.1, 0.15) is 0 Å². The van der Waals surface area contributed by atoms with Crippen LogP contribution in [-0.4, -0.2) is 19.5 Å². The number of thiophene rings is 1. The zero-order chi connectivity index (χ0) is 37.8.